The van der Waals surface area contributed by atoms with Gasteiger partial charge in [-0.05, 0) is 12.0 Å². The highest BCUT2D eigenvalue weighted by atomic mass is 35.7. The third kappa shape index (κ3) is 6.07. The molecule has 0 fully saturated rings. The van der Waals surface area contributed by atoms with Gasteiger partial charge in [-0.25, -0.2) is 8.42 Å². The molecule has 1 aromatic rings. The molecule has 0 saturated carbocycles. The second-order valence-electron chi connectivity index (χ2n) is 4.89. The Kier molecular flexibility index (Phi) is 6.24. The van der Waals surface area contributed by atoms with Gasteiger partial charge >= 0.3 is 5.69 Å². The van der Waals surface area contributed by atoms with Gasteiger partial charge in [-0.15, -0.1) is 0 Å². The van der Waals surface area contributed by atoms with Crippen molar-refractivity contribution in [1.29, 1.82) is 0 Å². The molecule has 9 heteroatoms. The zero-order chi connectivity index (χ0) is 16.2. The van der Waals surface area contributed by atoms with Crippen molar-refractivity contribution in [3.63, 3.8) is 0 Å². The summed E-state index contributed by atoms with van der Waals surface area (Å²) in [6.07, 6.45) is 0. The highest BCUT2D eigenvalue weighted by molar-refractivity contribution is 8.13. The van der Waals surface area contributed by atoms with Gasteiger partial charge in [-0.1, -0.05) is 25.4 Å². The average Bonchev–Trinajstić information content (AvgIpc) is 2.32. The predicted molar refractivity (Wildman–Crippen MR) is 81.6 cm³/mol. The monoisotopic (exact) mass is 355 g/mol. The van der Waals surface area contributed by atoms with Crippen LogP contribution in [0.25, 0.3) is 0 Å². The van der Waals surface area contributed by atoms with E-state index >= 15 is 0 Å². The molecule has 118 valence electrons. The van der Waals surface area contributed by atoms with E-state index in [0.717, 1.165) is 0 Å². The molecule has 0 heterocycles. The van der Waals surface area contributed by atoms with E-state index in [1.54, 1.807) is 0 Å². The minimum Gasteiger partial charge on any atom is -0.486 e. The van der Waals surface area contributed by atoms with Gasteiger partial charge in [0, 0.05) is 33.8 Å². The van der Waals surface area contributed by atoms with Crippen molar-refractivity contribution in [3.05, 3.63) is 33.3 Å². The van der Waals surface area contributed by atoms with Crippen molar-refractivity contribution >= 4 is 37.0 Å². The lowest BCUT2D eigenvalue weighted by Crippen LogP contribution is -2.24. The summed E-state index contributed by atoms with van der Waals surface area (Å²) in [5.41, 5.74) is -0.226. The van der Waals surface area contributed by atoms with E-state index in [1.165, 1.54) is 18.2 Å². The highest BCUT2D eigenvalue weighted by Crippen LogP contribution is 2.31. The molecule has 0 bridgehead atoms. The quantitative estimate of drug-likeness (QED) is 0.424. The number of hydrogen-bond donors (Lipinski definition) is 0. The fraction of sp³-hybridized carbons (Fsp3) is 0.500. The first-order valence-electron chi connectivity index (χ1n) is 6.09. The lowest BCUT2D eigenvalue weighted by Gasteiger charge is -2.19. The van der Waals surface area contributed by atoms with Crippen molar-refractivity contribution in [2.24, 2.45) is 11.8 Å². The summed E-state index contributed by atoms with van der Waals surface area (Å²) in [7, 11) is 1.57. The van der Waals surface area contributed by atoms with Gasteiger partial charge in [0.1, 0.15) is 0 Å². The average molecular weight is 356 g/mol. The van der Waals surface area contributed by atoms with Crippen LogP contribution in [0.15, 0.2) is 18.2 Å². The second kappa shape index (κ2) is 7.29. The first kappa shape index (κ1) is 18.0. The van der Waals surface area contributed by atoms with E-state index in [2.05, 4.69) is 0 Å². The summed E-state index contributed by atoms with van der Waals surface area (Å²) in [5.74, 6) is -0.659. The molecule has 1 atom stereocenters. The summed E-state index contributed by atoms with van der Waals surface area (Å²) in [5, 5.41) is 11.2. The van der Waals surface area contributed by atoms with Gasteiger partial charge in [0.15, 0.2) is 5.75 Å². The van der Waals surface area contributed by atoms with Crippen LogP contribution in [0.4, 0.5) is 5.69 Å². The Labute approximate surface area is 132 Å². The van der Waals surface area contributed by atoms with E-state index < -0.39 is 14.0 Å². The molecule has 0 aliphatic carbocycles. The van der Waals surface area contributed by atoms with Crippen LogP contribution in [-0.2, 0) is 9.05 Å². The third-order valence-electron chi connectivity index (χ3n) is 2.93. The van der Waals surface area contributed by atoms with Crippen molar-refractivity contribution in [2.75, 3.05) is 12.4 Å². The van der Waals surface area contributed by atoms with Gasteiger partial charge in [0.05, 0.1) is 17.3 Å². The van der Waals surface area contributed by atoms with E-state index in [1.807, 2.05) is 13.8 Å². The summed E-state index contributed by atoms with van der Waals surface area (Å²) in [6.45, 7) is 3.63. The Balaban J connectivity index is 2.90. The molecule has 1 rings (SSSR count). The Hall–Kier alpha value is -1.05. The zero-order valence-corrected chi connectivity index (χ0v) is 13.8. The van der Waals surface area contributed by atoms with Crippen LogP contribution in [-0.4, -0.2) is 25.7 Å². The van der Waals surface area contributed by atoms with E-state index in [4.69, 9.17) is 27.0 Å². The topological polar surface area (TPSA) is 86.5 Å². The molecule has 0 amide bonds. The van der Waals surface area contributed by atoms with Crippen LogP contribution in [0.3, 0.4) is 0 Å². The standard InChI is InChI=1S/C12H15Cl2NO5S/c1-8(2)9(7-21(14,18)19)6-20-12-5-10(13)3-4-11(12)15(16)17/h3-5,8-9H,6-7H2,1-2H3. The maximum Gasteiger partial charge on any atom is 0.311 e. The van der Waals surface area contributed by atoms with E-state index in [0.29, 0.717) is 5.02 Å². The van der Waals surface area contributed by atoms with Gasteiger partial charge < -0.3 is 4.74 Å². The number of nitrogens with zero attached hydrogens (tertiary/aromatic N) is 1. The minimum absolute atomic E-state index is 0.00474. The number of ether oxygens (including phenoxy) is 1. The smallest absolute Gasteiger partial charge is 0.311 e. The van der Waals surface area contributed by atoms with Crippen LogP contribution >= 0.6 is 22.3 Å². The van der Waals surface area contributed by atoms with Crippen molar-refractivity contribution in [3.8, 4) is 5.75 Å². The summed E-state index contributed by atoms with van der Waals surface area (Å²) in [4.78, 5) is 10.3. The van der Waals surface area contributed by atoms with Crippen molar-refractivity contribution in [2.45, 2.75) is 13.8 Å². The number of nitro benzene ring substituents is 1. The molecule has 0 N–H and O–H groups in total. The molecule has 6 nitrogen and oxygen atoms in total. The fourth-order valence-electron chi connectivity index (χ4n) is 1.64. The molecular formula is C12H15Cl2NO5S. The van der Waals surface area contributed by atoms with E-state index in [-0.39, 0.29) is 35.6 Å². The number of halogens is 2. The summed E-state index contributed by atoms with van der Waals surface area (Å²) >= 11 is 5.79. The first-order chi connectivity index (χ1) is 9.60. The van der Waals surface area contributed by atoms with Crippen LogP contribution < -0.4 is 4.74 Å². The van der Waals surface area contributed by atoms with Gasteiger partial charge in [-0.3, -0.25) is 10.1 Å². The Bertz CT molecular complexity index is 618. The third-order valence-corrected chi connectivity index (χ3v) is 4.37. The Morgan fingerprint density at radius 3 is 2.48 bits per heavy atom. The highest BCUT2D eigenvalue weighted by Gasteiger charge is 2.23. The molecule has 21 heavy (non-hydrogen) atoms. The molecule has 1 aromatic carbocycles. The lowest BCUT2D eigenvalue weighted by atomic mass is 9.99. The molecule has 1 unspecified atom stereocenters. The van der Waals surface area contributed by atoms with Crippen LogP contribution in [0.1, 0.15) is 13.8 Å². The molecule has 0 saturated heterocycles. The minimum atomic E-state index is -3.68. The molecule has 0 aromatic heterocycles. The van der Waals surface area contributed by atoms with Crippen LogP contribution in [0.2, 0.25) is 5.02 Å². The molecule has 0 radical (unpaired) electrons. The largest absolute Gasteiger partial charge is 0.486 e. The zero-order valence-electron chi connectivity index (χ0n) is 11.5. The Morgan fingerprint density at radius 1 is 1.38 bits per heavy atom. The summed E-state index contributed by atoms with van der Waals surface area (Å²) < 4.78 is 27.7. The summed E-state index contributed by atoms with van der Waals surface area (Å²) in [6, 6.07) is 3.95. The van der Waals surface area contributed by atoms with Gasteiger partial charge in [0.25, 0.3) is 0 Å². The number of rotatable bonds is 7. The van der Waals surface area contributed by atoms with Gasteiger partial charge in [0.2, 0.25) is 9.05 Å². The fourth-order valence-corrected chi connectivity index (χ4v) is 3.28. The normalized spacial score (nSPS) is 13.2. The molecule has 0 aliphatic rings. The second-order valence-corrected chi connectivity index (χ2v) is 8.15. The van der Waals surface area contributed by atoms with Crippen molar-refractivity contribution in [1.82, 2.24) is 0 Å². The molecule has 0 aliphatic heterocycles. The van der Waals surface area contributed by atoms with E-state index in [9.17, 15) is 18.5 Å². The van der Waals surface area contributed by atoms with Crippen LogP contribution in [0.5, 0.6) is 5.75 Å². The first-order valence-corrected chi connectivity index (χ1v) is 8.95. The SMILES string of the molecule is CC(C)C(COc1cc(Cl)ccc1[N+](=O)[O-])CS(=O)(=O)Cl. The maximum atomic E-state index is 11.2. The number of nitro groups is 1. The van der Waals surface area contributed by atoms with Gasteiger partial charge in [-0.2, -0.15) is 0 Å². The number of hydrogen-bond acceptors (Lipinski definition) is 5. The Morgan fingerprint density at radius 2 is 2.00 bits per heavy atom. The molecular weight excluding hydrogens is 341 g/mol. The van der Waals surface area contributed by atoms with Crippen LogP contribution in [0, 0.1) is 22.0 Å². The van der Waals surface area contributed by atoms with Crippen molar-refractivity contribution < 1.29 is 18.1 Å². The number of benzene rings is 1. The maximum absolute atomic E-state index is 11.2. The lowest BCUT2D eigenvalue weighted by molar-refractivity contribution is -0.385. The predicted octanol–water partition coefficient (Wildman–Crippen LogP) is 3.47. The molecule has 0 spiro atoms.